The molecule has 1 atom stereocenters. The molecular formula is C18H26N2O. The summed E-state index contributed by atoms with van der Waals surface area (Å²) in [6.07, 6.45) is 7.32. The van der Waals surface area contributed by atoms with Crippen molar-refractivity contribution in [1.82, 2.24) is 5.32 Å². The number of benzene rings is 1. The number of rotatable bonds is 8. The Morgan fingerprint density at radius 1 is 1.38 bits per heavy atom. The molecule has 1 aliphatic carbocycles. The Morgan fingerprint density at radius 3 is 3.10 bits per heavy atom. The van der Waals surface area contributed by atoms with Crippen molar-refractivity contribution in [3.05, 3.63) is 29.3 Å². The zero-order chi connectivity index (χ0) is 14.9. The fourth-order valence-corrected chi connectivity index (χ4v) is 2.91. The van der Waals surface area contributed by atoms with Crippen LogP contribution in [0, 0.1) is 11.3 Å². The standard InChI is InChI=1S/C18H26N2O/c1-2-12-20-18-8-6-7-15-14-16(9-10-17(15)18)21-13-5-3-4-11-19/h9-10,14,18,20H,2-8,12-13H2,1H3. The summed E-state index contributed by atoms with van der Waals surface area (Å²) in [6.45, 7) is 4.00. The Morgan fingerprint density at radius 2 is 2.29 bits per heavy atom. The van der Waals surface area contributed by atoms with Crippen LogP contribution in [0.2, 0.25) is 0 Å². The summed E-state index contributed by atoms with van der Waals surface area (Å²) < 4.78 is 5.81. The highest BCUT2D eigenvalue weighted by molar-refractivity contribution is 5.39. The number of ether oxygens (including phenoxy) is 1. The predicted octanol–water partition coefficient (Wildman–Crippen LogP) is 4.14. The smallest absolute Gasteiger partial charge is 0.119 e. The van der Waals surface area contributed by atoms with Gasteiger partial charge in [-0.2, -0.15) is 5.26 Å². The van der Waals surface area contributed by atoms with Gasteiger partial charge >= 0.3 is 0 Å². The van der Waals surface area contributed by atoms with E-state index in [1.54, 1.807) is 0 Å². The summed E-state index contributed by atoms with van der Waals surface area (Å²) in [5.41, 5.74) is 2.89. The Kier molecular flexibility index (Phi) is 6.56. The van der Waals surface area contributed by atoms with Gasteiger partial charge in [-0.25, -0.2) is 0 Å². The topological polar surface area (TPSA) is 45.0 Å². The molecule has 1 N–H and O–H groups in total. The first-order valence-corrected chi connectivity index (χ1v) is 8.21. The molecule has 1 aromatic rings. The lowest BCUT2D eigenvalue weighted by Crippen LogP contribution is -2.25. The molecule has 0 bridgehead atoms. The molecule has 3 heteroatoms. The molecule has 1 aliphatic rings. The second-order valence-electron chi connectivity index (χ2n) is 5.72. The third kappa shape index (κ3) is 4.75. The first-order valence-electron chi connectivity index (χ1n) is 8.21. The van der Waals surface area contributed by atoms with Crippen LogP contribution in [0.25, 0.3) is 0 Å². The Hall–Kier alpha value is -1.53. The van der Waals surface area contributed by atoms with Crippen molar-refractivity contribution < 1.29 is 4.74 Å². The molecule has 21 heavy (non-hydrogen) atoms. The van der Waals surface area contributed by atoms with Crippen LogP contribution < -0.4 is 10.1 Å². The second-order valence-corrected chi connectivity index (χ2v) is 5.72. The summed E-state index contributed by atoms with van der Waals surface area (Å²) in [6, 6.07) is 9.21. The maximum atomic E-state index is 8.50. The van der Waals surface area contributed by atoms with Crippen LogP contribution in [0.3, 0.4) is 0 Å². The number of nitrogens with zero attached hydrogens (tertiary/aromatic N) is 1. The van der Waals surface area contributed by atoms with E-state index in [1.807, 2.05) is 0 Å². The van der Waals surface area contributed by atoms with Crippen LogP contribution in [0.5, 0.6) is 5.75 Å². The third-order valence-electron chi connectivity index (χ3n) is 4.02. The summed E-state index contributed by atoms with van der Waals surface area (Å²) >= 11 is 0. The maximum absolute atomic E-state index is 8.50. The van der Waals surface area contributed by atoms with E-state index in [0.29, 0.717) is 19.1 Å². The van der Waals surface area contributed by atoms with E-state index >= 15 is 0 Å². The molecule has 0 saturated carbocycles. The van der Waals surface area contributed by atoms with E-state index in [0.717, 1.165) is 31.6 Å². The monoisotopic (exact) mass is 286 g/mol. The van der Waals surface area contributed by atoms with E-state index in [4.69, 9.17) is 10.00 Å². The Labute approximate surface area is 128 Å². The van der Waals surface area contributed by atoms with Crippen LogP contribution in [0.4, 0.5) is 0 Å². The average Bonchev–Trinajstić information content (AvgIpc) is 2.52. The second kappa shape index (κ2) is 8.69. The average molecular weight is 286 g/mol. The van der Waals surface area contributed by atoms with Crippen LogP contribution in [0.15, 0.2) is 18.2 Å². The molecule has 0 spiro atoms. The van der Waals surface area contributed by atoms with E-state index in [-0.39, 0.29) is 0 Å². The summed E-state index contributed by atoms with van der Waals surface area (Å²) in [4.78, 5) is 0. The zero-order valence-corrected chi connectivity index (χ0v) is 13.0. The third-order valence-corrected chi connectivity index (χ3v) is 4.02. The number of nitrogens with one attached hydrogen (secondary N) is 1. The molecule has 0 amide bonds. The molecule has 114 valence electrons. The lowest BCUT2D eigenvalue weighted by Gasteiger charge is -2.27. The van der Waals surface area contributed by atoms with E-state index in [1.165, 1.54) is 30.4 Å². The van der Waals surface area contributed by atoms with Gasteiger partial charge in [0.1, 0.15) is 5.75 Å². The molecule has 0 heterocycles. The number of hydrogen-bond acceptors (Lipinski definition) is 3. The van der Waals surface area contributed by atoms with Crippen molar-refractivity contribution in [2.45, 2.75) is 57.9 Å². The minimum Gasteiger partial charge on any atom is -0.494 e. The van der Waals surface area contributed by atoms with Gasteiger partial charge < -0.3 is 10.1 Å². The normalized spacial score (nSPS) is 17.0. The Balaban J connectivity index is 1.91. The van der Waals surface area contributed by atoms with Crippen LogP contribution in [-0.4, -0.2) is 13.2 Å². The molecular weight excluding hydrogens is 260 g/mol. The number of hydrogen-bond donors (Lipinski definition) is 1. The van der Waals surface area contributed by atoms with Crippen LogP contribution in [0.1, 0.15) is 62.6 Å². The molecule has 1 aromatic carbocycles. The molecule has 3 nitrogen and oxygen atoms in total. The van der Waals surface area contributed by atoms with Crippen molar-refractivity contribution in [2.75, 3.05) is 13.2 Å². The lowest BCUT2D eigenvalue weighted by atomic mass is 9.87. The first kappa shape index (κ1) is 15.9. The lowest BCUT2D eigenvalue weighted by molar-refractivity contribution is 0.306. The van der Waals surface area contributed by atoms with Gasteiger partial charge in [-0.3, -0.25) is 0 Å². The van der Waals surface area contributed by atoms with Crippen LogP contribution >= 0.6 is 0 Å². The van der Waals surface area contributed by atoms with Gasteiger partial charge in [0, 0.05) is 12.5 Å². The quantitative estimate of drug-likeness (QED) is 0.731. The molecule has 0 radical (unpaired) electrons. The molecule has 0 aromatic heterocycles. The van der Waals surface area contributed by atoms with Gasteiger partial charge in [0.05, 0.1) is 12.7 Å². The molecule has 0 aliphatic heterocycles. The molecule has 1 unspecified atom stereocenters. The van der Waals surface area contributed by atoms with Crippen LogP contribution in [-0.2, 0) is 6.42 Å². The van der Waals surface area contributed by atoms with Gasteiger partial charge in [-0.15, -0.1) is 0 Å². The van der Waals surface area contributed by atoms with E-state index in [2.05, 4.69) is 36.5 Å². The van der Waals surface area contributed by atoms with Gasteiger partial charge in [-0.1, -0.05) is 13.0 Å². The fraction of sp³-hybridized carbons (Fsp3) is 0.611. The van der Waals surface area contributed by atoms with Gasteiger partial charge in [0.2, 0.25) is 0 Å². The van der Waals surface area contributed by atoms with Crippen molar-refractivity contribution in [1.29, 1.82) is 5.26 Å². The summed E-state index contributed by atoms with van der Waals surface area (Å²) in [5, 5.41) is 12.1. The van der Waals surface area contributed by atoms with Gasteiger partial charge in [-0.05, 0) is 68.3 Å². The minimum absolute atomic E-state index is 0.512. The largest absolute Gasteiger partial charge is 0.494 e. The maximum Gasteiger partial charge on any atom is 0.119 e. The Bertz CT molecular complexity index is 479. The van der Waals surface area contributed by atoms with Crippen molar-refractivity contribution in [3.63, 3.8) is 0 Å². The predicted molar refractivity (Wildman–Crippen MR) is 85.4 cm³/mol. The molecule has 0 saturated heterocycles. The molecule has 2 rings (SSSR count). The highest BCUT2D eigenvalue weighted by Crippen LogP contribution is 2.32. The van der Waals surface area contributed by atoms with E-state index < -0.39 is 0 Å². The minimum atomic E-state index is 0.512. The number of aryl methyl sites for hydroxylation is 1. The highest BCUT2D eigenvalue weighted by atomic mass is 16.5. The highest BCUT2D eigenvalue weighted by Gasteiger charge is 2.19. The number of nitriles is 1. The van der Waals surface area contributed by atoms with Crippen molar-refractivity contribution in [3.8, 4) is 11.8 Å². The fourth-order valence-electron chi connectivity index (χ4n) is 2.91. The molecule has 0 fully saturated rings. The number of unbranched alkanes of at least 4 members (excludes halogenated alkanes) is 2. The first-order chi connectivity index (χ1) is 10.3. The zero-order valence-electron chi connectivity index (χ0n) is 13.0. The van der Waals surface area contributed by atoms with Gasteiger partial charge in [0.25, 0.3) is 0 Å². The van der Waals surface area contributed by atoms with Crippen molar-refractivity contribution >= 4 is 0 Å². The SMILES string of the molecule is CCCNC1CCCc2cc(OCCCCC#N)ccc21. The summed E-state index contributed by atoms with van der Waals surface area (Å²) in [5.74, 6) is 0.974. The van der Waals surface area contributed by atoms with E-state index in [9.17, 15) is 0 Å². The summed E-state index contributed by atoms with van der Waals surface area (Å²) in [7, 11) is 0. The number of fused-ring (bicyclic) bond motifs is 1. The van der Waals surface area contributed by atoms with Gasteiger partial charge in [0.15, 0.2) is 0 Å². The van der Waals surface area contributed by atoms with Crippen molar-refractivity contribution in [2.24, 2.45) is 0 Å².